The molecule has 0 saturated carbocycles. The molecule has 0 aliphatic heterocycles. The van der Waals surface area contributed by atoms with Crippen LogP contribution < -0.4 is 11.1 Å². The number of carbonyl (C=O) groups excluding carboxylic acids is 1. The lowest BCUT2D eigenvalue weighted by Crippen LogP contribution is -2.13. The second-order valence-corrected chi connectivity index (χ2v) is 4.23. The van der Waals surface area contributed by atoms with Gasteiger partial charge in [-0.25, -0.2) is 0 Å². The summed E-state index contributed by atoms with van der Waals surface area (Å²) in [4.78, 5) is 15.8. The highest BCUT2D eigenvalue weighted by molar-refractivity contribution is 6.03. The van der Waals surface area contributed by atoms with Crippen LogP contribution in [0.25, 0.3) is 0 Å². The van der Waals surface area contributed by atoms with E-state index in [1.807, 2.05) is 13.8 Å². The molecular formula is C12H15N5O. The van der Waals surface area contributed by atoms with Gasteiger partial charge in [-0.2, -0.15) is 5.10 Å². The Bertz CT molecular complexity index is 561. The predicted octanol–water partition coefficient (Wildman–Crippen LogP) is 1.69. The summed E-state index contributed by atoms with van der Waals surface area (Å²) in [5.74, 6) is -0.300. The minimum atomic E-state index is -0.300. The van der Waals surface area contributed by atoms with Crippen LogP contribution >= 0.6 is 0 Å². The molecule has 3 N–H and O–H groups in total. The molecule has 0 aliphatic rings. The van der Waals surface area contributed by atoms with Gasteiger partial charge in [0.05, 0.1) is 11.9 Å². The number of anilines is 2. The molecule has 6 heteroatoms. The molecule has 6 nitrogen and oxygen atoms in total. The van der Waals surface area contributed by atoms with E-state index < -0.39 is 0 Å². The molecule has 0 radical (unpaired) electrons. The van der Waals surface area contributed by atoms with Gasteiger partial charge in [-0.3, -0.25) is 14.5 Å². The van der Waals surface area contributed by atoms with E-state index >= 15 is 0 Å². The summed E-state index contributed by atoms with van der Waals surface area (Å²) in [6.07, 6.45) is 4.88. The van der Waals surface area contributed by atoms with Crippen LogP contribution in [0.15, 0.2) is 30.7 Å². The number of carbonyl (C=O) groups is 1. The number of nitrogen functional groups attached to an aromatic ring is 1. The monoisotopic (exact) mass is 245 g/mol. The quantitative estimate of drug-likeness (QED) is 0.861. The van der Waals surface area contributed by atoms with E-state index in [-0.39, 0.29) is 17.6 Å². The maximum absolute atomic E-state index is 11.9. The lowest BCUT2D eigenvalue weighted by atomic mass is 10.3. The van der Waals surface area contributed by atoms with E-state index in [1.54, 1.807) is 23.1 Å². The summed E-state index contributed by atoms with van der Waals surface area (Å²) in [5, 5.41) is 6.86. The number of nitrogens with two attached hydrogens (primary N) is 1. The number of hydrogen-bond acceptors (Lipinski definition) is 4. The fourth-order valence-electron chi connectivity index (χ4n) is 1.45. The number of amides is 1. The van der Waals surface area contributed by atoms with E-state index in [1.165, 1.54) is 12.3 Å². The Labute approximate surface area is 105 Å². The molecule has 0 aromatic carbocycles. The number of rotatable bonds is 3. The summed E-state index contributed by atoms with van der Waals surface area (Å²) in [5.41, 5.74) is 7.03. The van der Waals surface area contributed by atoms with Crippen LogP contribution in [-0.2, 0) is 0 Å². The third-order valence-corrected chi connectivity index (χ3v) is 2.41. The molecule has 94 valence electrons. The molecule has 0 spiro atoms. The molecule has 2 heterocycles. The lowest BCUT2D eigenvalue weighted by molar-refractivity contribution is 0.102. The summed E-state index contributed by atoms with van der Waals surface area (Å²) < 4.78 is 1.77. The lowest BCUT2D eigenvalue weighted by Gasteiger charge is -2.04. The third-order valence-electron chi connectivity index (χ3n) is 2.41. The van der Waals surface area contributed by atoms with Crippen LogP contribution in [-0.4, -0.2) is 20.7 Å². The fraction of sp³-hybridized carbons (Fsp3) is 0.250. The second-order valence-electron chi connectivity index (χ2n) is 4.23. The molecule has 2 aromatic rings. The summed E-state index contributed by atoms with van der Waals surface area (Å²) >= 11 is 0. The van der Waals surface area contributed by atoms with E-state index in [2.05, 4.69) is 15.4 Å². The Morgan fingerprint density at radius 2 is 2.28 bits per heavy atom. The van der Waals surface area contributed by atoms with Crippen molar-refractivity contribution < 1.29 is 4.79 Å². The van der Waals surface area contributed by atoms with Gasteiger partial charge in [0.15, 0.2) is 0 Å². The molecule has 0 atom stereocenters. The Morgan fingerprint density at radius 1 is 1.50 bits per heavy atom. The van der Waals surface area contributed by atoms with Crippen LogP contribution in [0.3, 0.4) is 0 Å². The first kappa shape index (κ1) is 12.1. The minimum absolute atomic E-state index is 0.251. The standard InChI is InChI=1S/C12H15N5O/c1-8(2)17-7-10(6-15-17)16-12(18)11-5-9(13)3-4-14-11/h3-8H,1-2H3,(H2,13,14)(H,16,18). The molecule has 18 heavy (non-hydrogen) atoms. The van der Waals surface area contributed by atoms with Crippen molar-refractivity contribution in [2.75, 3.05) is 11.1 Å². The van der Waals surface area contributed by atoms with Crippen LogP contribution in [0.1, 0.15) is 30.4 Å². The Kier molecular flexibility index (Phi) is 3.27. The largest absolute Gasteiger partial charge is 0.399 e. The molecule has 2 aromatic heterocycles. The predicted molar refractivity (Wildman–Crippen MR) is 69.2 cm³/mol. The van der Waals surface area contributed by atoms with Crippen molar-refractivity contribution in [1.29, 1.82) is 0 Å². The third kappa shape index (κ3) is 2.65. The highest BCUT2D eigenvalue weighted by Crippen LogP contribution is 2.11. The number of pyridine rings is 1. The van der Waals surface area contributed by atoms with Crippen molar-refractivity contribution >= 4 is 17.3 Å². The van der Waals surface area contributed by atoms with Crippen molar-refractivity contribution in [3.05, 3.63) is 36.4 Å². The zero-order valence-electron chi connectivity index (χ0n) is 10.3. The van der Waals surface area contributed by atoms with Crippen molar-refractivity contribution in [3.8, 4) is 0 Å². The van der Waals surface area contributed by atoms with Crippen molar-refractivity contribution in [1.82, 2.24) is 14.8 Å². The van der Waals surface area contributed by atoms with Gasteiger partial charge in [-0.1, -0.05) is 0 Å². The highest BCUT2D eigenvalue weighted by Gasteiger charge is 2.09. The molecule has 0 fully saturated rings. The van der Waals surface area contributed by atoms with Crippen molar-refractivity contribution in [2.24, 2.45) is 0 Å². The maximum atomic E-state index is 11.9. The molecule has 0 aliphatic carbocycles. The van der Waals surface area contributed by atoms with Gasteiger partial charge in [0.1, 0.15) is 5.69 Å². The first-order chi connectivity index (χ1) is 8.56. The normalized spacial score (nSPS) is 10.6. The summed E-state index contributed by atoms with van der Waals surface area (Å²) in [6, 6.07) is 3.41. The fourth-order valence-corrected chi connectivity index (χ4v) is 1.45. The molecule has 2 rings (SSSR count). The van der Waals surface area contributed by atoms with E-state index in [9.17, 15) is 4.79 Å². The number of nitrogens with zero attached hydrogens (tertiary/aromatic N) is 3. The van der Waals surface area contributed by atoms with Gasteiger partial charge >= 0.3 is 0 Å². The zero-order chi connectivity index (χ0) is 13.1. The smallest absolute Gasteiger partial charge is 0.274 e. The molecular weight excluding hydrogens is 230 g/mol. The first-order valence-corrected chi connectivity index (χ1v) is 5.63. The summed E-state index contributed by atoms with van der Waals surface area (Å²) in [6.45, 7) is 4.02. The van der Waals surface area contributed by atoms with Gasteiger partial charge in [-0.05, 0) is 26.0 Å². The van der Waals surface area contributed by atoms with E-state index in [0.717, 1.165) is 0 Å². The van der Waals surface area contributed by atoms with Crippen LogP contribution in [0.5, 0.6) is 0 Å². The molecule has 0 bridgehead atoms. The average molecular weight is 245 g/mol. The topological polar surface area (TPSA) is 85.8 Å². The minimum Gasteiger partial charge on any atom is -0.399 e. The SMILES string of the molecule is CC(C)n1cc(NC(=O)c2cc(N)ccn2)cn1. The molecule has 0 saturated heterocycles. The maximum Gasteiger partial charge on any atom is 0.274 e. The van der Waals surface area contributed by atoms with Crippen molar-refractivity contribution in [2.45, 2.75) is 19.9 Å². The van der Waals surface area contributed by atoms with Gasteiger partial charge in [0.2, 0.25) is 0 Å². The van der Waals surface area contributed by atoms with Gasteiger partial charge < -0.3 is 11.1 Å². The molecule has 0 unspecified atom stereocenters. The second kappa shape index (κ2) is 4.87. The average Bonchev–Trinajstić information content (AvgIpc) is 2.77. The number of nitrogens with one attached hydrogen (secondary N) is 1. The Hall–Kier alpha value is -2.37. The van der Waals surface area contributed by atoms with Crippen LogP contribution in [0, 0.1) is 0 Å². The van der Waals surface area contributed by atoms with Gasteiger partial charge in [0.25, 0.3) is 5.91 Å². The summed E-state index contributed by atoms with van der Waals surface area (Å²) in [7, 11) is 0. The molecule has 1 amide bonds. The van der Waals surface area contributed by atoms with Crippen LogP contribution in [0.2, 0.25) is 0 Å². The number of aromatic nitrogens is 3. The van der Waals surface area contributed by atoms with E-state index in [4.69, 9.17) is 5.73 Å². The Morgan fingerprint density at radius 3 is 2.89 bits per heavy atom. The Balaban J connectivity index is 2.11. The van der Waals surface area contributed by atoms with Crippen LogP contribution in [0.4, 0.5) is 11.4 Å². The van der Waals surface area contributed by atoms with E-state index in [0.29, 0.717) is 11.4 Å². The number of hydrogen-bond donors (Lipinski definition) is 2. The first-order valence-electron chi connectivity index (χ1n) is 5.63. The van der Waals surface area contributed by atoms with Crippen molar-refractivity contribution in [3.63, 3.8) is 0 Å². The highest BCUT2D eigenvalue weighted by atomic mass is 16.1. The van der Waals surface area contributed by atoms with Gasteiger partial charge in [0, 0.05) is 24.1 Å². The van der Waals surface area contributed by atoms with Gasteiger partial charge in [-0.15, -0.1) is 0 Å². The zero-order valence-corrected chi connectivity index (χ0v) is 10.3.